The fraction of sp³-hybridized carbons (Fsp3) is 0.462. The van der Waals surface area contributed by atoms with Crippen molar-refractivity contribution in [3.8, 4) is 0 Å². The molecule has 0 saturated carbocycles. The van der Waals surface area contributed by atoms with Gasteiger partial charge in [-0.25, -0.2) is 0 Å². The number of rotatable bonds is 5. The van der Waals surface area contributed by atoms with E-state index in [9.17, 15) is 4.79 Å². The molecule has 88 valence electrons. The number of methoxy groups -OCH3 is 1. The monoisotopic (exact) mass is 221 g/mol. The molecule has 3 nitrogen and oxygen atoms in total. The second-order valence-corrected chi connectivity index (χ2v) is 3.98. The Bertz CT molecular complexity index is 324. The van der Waals surface area contributed by atoms with Gasteiger partial charge in [-0.1, -0.05) is 30.3 Å². The average molecular weight is 221 g/mol. The molecule has 16 heavy (non-hydrogen) atoms. The maximum atomic E-state index is 11.1. The lowest BCUT2D eigenvalue weighted by atomic mass is 10.1. The Morgan fingerprint density at radius 3 is 2.50 bits per heavy atom. The van der Waals surface area contributed by atoms with Gasteiger partial charge in [-0.3, -0.25) is 4.79 Å². The van der Waals surface area contributed by atoms with Gasteiger partial charge in [0.15, 0.2) is 0 Å². The average Bonchev–Trinajstić information content (AvgIpc) is 2.29. The van der Waals surface area contributed by atoms with Crippen LogP contribution in [0.4, 0.5) is 0 Å². The van der Waals surface area contributed by atoms with Crippen LogP contribution >= 0.6 is 0 Å². The molecule has 0 amide bonds. The summed E-state index contributed by atoms with van der Waals surface area (Å²) in [4.78, 5) is 11.1. The van der Waals surface area contributed by atoms with Crippen LogP contribution < -0.4 is 5.32 Å². The van der Waals surface area contributed by atoms with E-state index in [2.05, 4.69) is 29.1 Å². The van der Waals surface area contributed by atoms with Gasteiger partial charge in [0.25, 0.3) is 0 Å². The van der Waals surface area contributed by atoms with E-state index in [0.717, 1.165) is 0 Å². The lowest BCUT2D eigenvalue weighted by Crippen LogP contribution is -2.31. The highest BCUT2D eigenvalue weighted by molar-refractivity contribution is 5.69. The molecule has 1 aromatic rings. The molecule has 0 heterocycles. The summed E-state index contributed by atoms with van der Waals surface area (Å²) >= 11 is 0. The predicted octanol–water partition coefficient (Wildman–Crippen LogP) is 2.29. The lowest BCUT2D eigenvalue weighted by molar-refractivity contribution is -0.141. The zero-order valence-electron chi connectivity index (χ0n) is 10.1. The van der Waals surface area contributed by atoms with Crippen molar-refractivity contribution < 1.29 is 9.53 Å². The highest BCUT2D eigenvalue weighted by atomic mass is 16.5. The number of hydrogen-bond acceptors (Lipinski definition) is 3. The number of nitrogens with one attached hydrogen (secondary N) is 1. The van der Waals surface area contributed by atoms with E-state index in [4.69, 9.17) is 0 Å². The van der Waals surface area contributed by atoms with E-state index in [1.54, 1.807) is 0 Å². The van der Waals surface area contributed by atoms with Crippen molar-refractivity contribution in [3.05, 3.63) is 35.9 Å². The minimum atomic E-state index is -0.180. The standard InChI is InChI=1S/C13H19NO2/c1-10(9-13(15)16-3)14-11(2)12-7-5-4-6-8-12/h4-8,10-11,14H,9H2,1-3H3/t10?,11-/m0/s1. The Balaban J connectivity index is 2.45. The van der Waals surface area contributed by atoms with Crippen molar-refractivity contribution in [2.45, 2.75) is 32.4 Å². The van der Waals surface area contributed by atoms with Crippen LogP contribution in [0.2, 0.25) is 0 Å². The highest BCUT2D eigenvalue weighted by Crippen LogP contribution is 2.12. The van der Waals surface area contributed by atoms with Crippen LogP contribution in [0.3, 0.4) is 0 Å². The summed E-state index contributed by atoms with van der Waals surface area (Å²) in [6.07, 6.45) is 0.397. The van der Waals surface area contributed by atoms with Crippen LogP contribution in [0.15, 0.2) is 30.3 Å². The highest BCUT2D eigenvalue weighted by Gasteiger charge is 2.12. The first-order valence-electron chi connectivity index (χ1n) is 5.51. The Kier molecular flexibility index (Phi) is 4.99. The van der Waals surface area contributed by atoms with Crippen molar-refractivity contribution in [1.29, 1.82) is 0 Å². The van der Waals surface area contributed by atoms with Crippen molar-refractivity contribution in [2.75, 3.05) is 7.11 Å². The molecule has 0 radical (unpaired) electrons. The molecule has 1 aromatic carbocycles. The Morgan fingerprint density at radius 2 is 1.94 bits per heavy atom. The number of carbonyl (C=O) groups excluding carboxylic acids is 1. The fourth-order valence-corrected chi connectivity index (χ4v) is 1.66. The van der Waals surface area contributed by atoms with Gasteiger partial charge in [-0.15, -0.1) is 0 Å². The molecule has 0 aliphatic carbocycles. The smallest absolute Gasteiger partial charge is 0.307 e. The van der Waals surface area contributed by atoms with Crippen LogP contribution in [0.1, 0.15) is 31.9 Å². The van der Waals surface area contributed by atoms with Gasteiger partial charge in [0.1, 0.15) is 0 Å². The summed E-state index contributed by atoms with van der Waals surface area (Å²) in [6.45, 7) is 4.07. The molecule has 0 spiro atoms. The molecule has 0 bridgehead atoms. The maximum absolute atomic E-state index is 11.1. The number of carbonyl (C=O) groups is 1. The van der Waals surface area contributed by atoms with E-state index in [1.165, 1.54) is 12.7 Å². The van der Waals surface area contributed by atoms with Gasteiger partial charge in [-0.05, 0) is 19.4 Å². The van der Waals surface area contributed by atoms with Crippen molar-refractivity contribution >= 4 is 5.97 Å². The largest absolute Gasteiger partial charge is 0.469 e. The van der Waals surface area contributed by atoms with Crippen LogP contribution in [0.5, 0.6) is 0 Å². The first-order chi connectivity index (χ1) is 7.63. The normalized spacial score (nSPS) is 14.2. The Morgan fingerprint density at radius 1 is 1.31 bits per heavy atom. The van der Waals surface area contributed by atoms with Crippen LogP contribution in [-0.2, 0) is 9.53 Å². The van der Waals surface area contributed by atoms with Crippen LogP contribution in [0.25, 0.3) is 0 Å². The van der Waals surface area contributed by atoms with E-state index in [-0.39, 0.29) is 18.1 Å². The molecule has 0 saturated heterocycles. The number of ether oxygens (including phenoxy) is 1. The van der Waals surface area contributed by atoms with Gasteiger partial charge in [0.05, 0.1) is 13.5 Å². The van der Waals surface area contributed by atoms with Gasteiger partial charge < -0.3 is 10.1 Å². The first kappa shape index (κ1) is 12.7. The van der Waals surface area contributed by atoms with Gasteiger partial charge in [0.2, 0.25) is 0 Å². The summed E-state index contributed by atoms with van der Waals surface area (Å²) in [7, 11) is 1.41. The van der Waals surface area contributed by atoms with Crippen molar-refractivity contribution in [3.63, 3.8) is 0 Å². The lowest BCUT2D eigenvalue weighted by Gasteiger charge is -2.19. The summed E-state index contributed by atoms with van der Waals surface area (Å²) in [5.41, 5.74) is 1.22. The maximum Gasteiger partial charge on any atom is 0.307 e. The van der Waals surface area contributed by atoms with E-state index >= 15 is 0 Å². The van der Waals surface area contributed by atoms with E-state index < -0.39 is 0 Å². The summed E-state index contributed by atoms with van der Waals surface area (Å²) < 4.78 is 4.63. The third kappa shape index (κ3) is 4.03. The second kappa shape index (κ2) is 6.28. The van der Waals surface area contributed by atoms with Crippen LogP contribution in [0, 0.1) is 0 Å². The SMILES string of the molecule is COC(=O)CC(C)N[C@@H](C)c1ccccc1. The molecular weight excluding hydrogens is 202 g/mol. The minimum Gasteiger partial charge on any atom is -0.469 e. The zero-order chi connectivity index (χ0) is 12.0. The number of esters is 1. The molecule has 1 rings (SSSR count). The third-order valence-electron chi connectivity index (χ3n) is 2.53. The fourth-order valence-electron chi connectivity index (χ4n) is 1.66. The van der Waals surface area contributed by atoms with Gasteiger partial charge in [0, 0.05) is 12.1 Å². The Labute approximate surface area is 96.8 Å². The van der Waals surface area contributed by atoms with Gasteiger partial charge >= 0.3 is 5.97 Å². The molecule has 0 aromatic heterocycles. The first-order valence-corrected chi connectivity index (χ1v) is 5.51. The molecule has 1 N–H and O–H groups in total. The minimum absolute atomic E-state index is 0.114. The number of benzene rings is 1. The third-order valence-corrected chi connectivity index (χ3v) is 2.53. The van der Waals surface area contributed by atoms with Crippen molar-refractivity contribution in [1.82, 2.24) is 5.32 Å². The molecule has 2 atom stereocenters. The van der Waals surface area contributed by atoms with E-state index in [1.807, 2.05) is 25.1 Å². The molecule has 1 unspecified atom stereocenters. The zero-order valence-corrected chi connectivity index (χ0v) is 10.1. The molecular formula is C13H19NO2. The molecule has 3 heteroatoms. The van der Waals surface area contributed by atoms with E-state index in [0.29, 0.717) is 6.42 Å². The molecule has 0 aliphatic heterocycles. The van der Waals surface area contributed by atoms with Gasteiger partial charge in [-0.2, -0.15) is 0 Å². The predicted molar refractivity (Wildman–Crippen MR) is 64.1 cm³/mol. The second-order valence-electron chi connectivity index (χ2n) is 3.98. The quantitative estimate of drug-likeness (QED) is 0.775. The van der Waals surface area contributed by atoms with Crippen LogP contribution in [-0.4, -0.2) is 19.1 Å². The Hall–Kier alpha value is -1.35. The topological polar surface area (TPSA) is 38.3 Å². The summed E-state index contributed by atoms with van der Waals surface area (Å²) in [5.74, 6) is -0.180. The number of hydrogen-bond donors (Lipinski definition) is 1. The summed E-state index contributed by atoms with van der Waals surface area (Å²) in [6, 6.07) is 10.5. The molecule has 0 fully saturated rings. The van der Waals surface area contributed by atoms with Crippen molar-refractivity contribution in [2.24, 2.45) is 0 Å². The molecule has 0 aliphatic rings. The summed E-state index contributed by atoms with van der Waals surface area (Å²) in [5, 5.41) is 3.36.